The van der Waals surface area contributed by atoms with Crippen LogP contribution in [0.5, 0.6) is 5.75 Å². The van der Waals surface area contributed by atoms with Gasteiger partial charge in [0.05, 0.1) is 12.7 Å². The Hall–Kier alpha value is -1.16. The number of benzene rings is 1. The van der Waals surface area contributed by atoms with Gasteiger partial charge in [-0.3, -0.25) is 9.59 Å². The third-order valence-electron chi connectivity index (χ3n) is 3.28. The van der Waals surface area contributed by atoms with E-state index in [2.05, 4.69) is 15.9 Å². The Morgan fingerprint density at radius 3 is 2.89 bits per heavy atom. The fourth-order valence-electron chi connectivity index (χ4n) is 2.34. The molecule has 0 aliphatic heterocycles. The van der Waals surface area contributed by atoms with E-state index in [4.69, 9.17) is 4.74 Å². The summed E-state index contributed by atoms with van der Waals surface area (Å²) in [7, 11) is 1.55. The van der Waals surface area contributed by atoms with Gasteiger partial charge in [-0.15, -0.1) is 0 Å². The number of halogens is 1. The molecule has 2 rings (SSSR count). The van der Waals surface area contributed by atoms with E-state index in [9.17, 15) is 9.59 Å². The zero-order chi connectivity index (χ0) is 13.1. The summed E-state index contributed by atoms with van der Waals surface area (Å²) in [6.07, 6.45) is 2.58. The minimum absolute atomic E-state index is 0.0150. The highest BCUT2D eigenvalue weighted by atomic mass is 79.9. The van der Waals surface area contributed by atoms with Crippen molar-refractivity contribution in [3.63, 3.8) is 0 Å². The lowest BCUT2D eigenvalue weighted by atomic mass is 9.83. The largest absolute Gasteiger partial charge is 0.496 e. The number of carbonyl (C=O) groups is 2. The van der Waals surface area contributed by atoms with Crippen LogP contribution in [0, 0.1) is 5.92 Å². The van der Waals surface area contributed by atoms with Gasteiger partial charge in [-0.05, 0) is 31.0 Å². The van der Waals surface area contributed by atoms with Crippen LogP contribution < -0.4 is 4.74 Å². The maximum absolute atomic E-state index is 12.4. The maximum Gasteiger partial charge on any atom is 0.170 e. The molecule has 1 saturated carbocycles. The molecule has 1 atom stereocenters. The van der Waals surface area contributed by atoms with Crippen molar-refractivity contribution in [2.24, 2.45) is 5.92 Å². The van der Waals surface area contributed by atoms with E-state index < -0.39 is 0 Å². The van der Waals surface area contributed by atoms with Crippen molar-refractivity contribution in [3.8, 4) is 5.75 Å². The molecule has 1 aromatic carbocycles. The number of ether oxygens (including phenoxy) is 1. The zero-order valence-electron chi connectivity index (χ0n) is 10.2. The first-order chi connectivity index (χ1) is 8.61. The van der Waals surface area contributed by atoms with E-state index in [0.29, 0.717) is 24.2 Å². The van der Waals surface area contributed by atoms with Crippen LogP contribution in [-0.2, 0) is 4.79 Å². The van der Waals surface area contributed by atoms with Gasteiger partial charge in [0.15, 0.2) is 5.78 Å². The highest BCUT2D eigenvalue weighted by Crippen LogP contribution is 2.30. The third kappa shape index (κ3) is 2.80. The Labute approximate surface area is 115 Å². The highest BCUT2D eigenvalue weighted by Gasteiger charge is 2.28. The van der Waals surface area contributed by atoms with Gasteiger partial charge in [0, 0.05) is 23.2 Å². The third-order valence-corrected chi connectivity index (χ3v) is 3.77. The smallest absolute Gasteiger partial charge is 0.170 e. The molecule has 0 spiro atoms. The molecular formula is C14H15BrO3. The van der Waals surface area contributed by atoms with Gasteiger partial charge in [0.2, 0.25) is 0 Å². The Balaban J connectivity index is 2.27. The van der Waals surface area contributed by atoms with E-state index >= 15 is 0 Å². The monoisotopic (exact) mass is 310 g/mol. The Bertz CT molecular complexity index is 482. The van der Waals surface area contributed by atoms with Crippen molar-refractivity contribution >= 4 is 27.5 Å². The molecule has 0 aromatic heterocycles. The molecule has 0 saturated heterocycles. The van der Waals surface area contributed by atoms with Crippen molar-refractivity contribution in [2.75, 3.05) is 7.11 Å². The summed E-state index contributed by atoms with van der Waals surface area (Å²) in [5.41, 5.74) is 0.562. The molecule has 0 N–H and O–H groups in total. The molecular weight excluding hydrogens is 296 g/mol. The van der Waals surface area contributed by atoms with E-state index in [0.717, 1.165) is 17.3 Å². The van der Waals surface area contributed by atoms with Crippen LogP contribution in [0.3, 0.4) is 0 Å². The zero-order valence-corrected chi connectivity index (χ0v) is 11.8. The Kier molecular flexibility index (Phi) is 4.17. The average molecular weight is 311 g/mol. The summed E-state index contributed by atoms with van der Waals surface area (Å²) in [6.45, 7) is 0. The van der Waals surface area contributed by atoms with E-state index in [1.807, 2.05) is 6.07 Å². The number of methoxy groups -OCH3 is 1. The van der Waals surface area contributed by atoms with Crippen molar-refractivity contribution in [1.82, 2.24) is 0 Å². The summed E-state index contributed by atoms with van der Waals surface area (Å²) in [5.74, 6) is 0.588. The van der Waals surface area contributed by atoms with Gasteiger partial charge in [-0.1, -0.05) is 15.9 Å². The molecule has 18 heavy (non-hydrogen) atoms. The first-order valence-corrected chi connectivity index (χ1v) is 6.80. The van der Waals surface area contributed by atoms with Gasteiger partial charge in [0.1, 0.15) is 11.5 Å². The first-order valence-electron chi connectivity index (χ1n) is 6.01. The normalized spacial score (nSPS) is 19.7. The van der Waals surface area contributed by atoms with Crippen molar-refractivity contribution < 1.29 is 14.3 Å². The minimum Gasteiger partial charge on any atom is -0.496 e. The van der Waals surface area contributed by atoms with Crippen LogP contribution in [0.2, 0.25) is 0 Å². The number of rotatable bonds is 3. The number of hydrogen-bond acceptors (Lipinski definition) is 3. The second-order valence-corrected chi connectivity index (χ2v) is 5.46. The first kappa shape index (κ1) is 13.3. The molecule has 1 unspecified atom stereocenters. The number of ketones is 2. The van der Waals surface area contributed by atoms with Crippen molar-refractivity contribution in [2.45, 2.75) is 25.7 Å². The lowest BCUT2D eigenvalue weighted by Crippen LogP contribution is -2.23. The number of Topliss-reactive ketones (excluding diaryl/α,β-unsaturated/α-hetero) is 2. The predicted octanol–water partition coefficient (Wildman–Crippen LogP) is 3.40. The van der Waals surface area contributed by atoms with Gasteiger partial charge in [-0.2, -0.15) is 0 Å². The molecule has 1 aromatic rings. The van der Waals surface area contributed by atoms with Gasteiger partial charge >= 0.3 is 0 Å². The molecule has 3 nitrogen and oxygen atoms in total. The summed E-state index contributed by atoms with van der Waals surface area (Å²) in [6, 6.07) is 5.36. The van der Waals surface area contributed by atoms with Gasteiger partial charge < -0.3 is 4.74 Å². The minimum atomic E-state index is -0.186. The topological polar surface area (TPSA) is 43.4 Å². The Morgan fingerprint density at radius 1 is 1.44 bits per heavy atom. The summed E-state index contributed by atoms with van der Waals surface area (Å²) < 4.78 is 6.05. The molecule has 1 fully saturated rings. The molecule has 1 aliphatic rings. The summed E-state index contributed by atoms with van der Waals surface area (Å²) >= 11 is 3.35. The van der Waals surface area contributed by atoms with Crippen molar-refractivity contribution in [1.29, 1.82) is 0 Å². The predicted molar refractivity (Wildman–Crippen MR) is 72.0 cm³/mol. The quantitative estimate of drug-likeness (QED) is 0.804. The van der Waals surface area contributed by atoms with Crippen LogP contribution >= 0.6 is 15.9 Å². The standard InChI is InChI=1S/C14H15BrO3/c1-18-13-6-5-10(15)8-12(13)14(17)9-3-2-4-11(16)7-9/h5-6,8-9H,2-4,7H2,1H3. The molecule has 0 heterocycles. The maximum atomic E-state index is 12.4. The highest BCUT2D eigenvalue weighted by molar-refractivity contribution is 9.10. The molecule has 0 bridgehead atoms. The van der Waals surface area contributed by atoms with E-state index in [1.54, 1.807) is 19.2 Å². The molecule has 1 aliphatic carbocycles. The number of carbonyl (C=O) groups excluding carboxylic acids is 2. The molecule has 96 valence electrons. The number of hydrogen-bond donors (Lipinski definition) is 0. The molecule has 4 heteroatoms. The fraction of sp³-hybridized carbons (Fsp3) is 0.429. The van der Waals surface area contributed by atoms with Crippen LogP contribution in [0.1, 0.15) is 36.0 Å². The van der Waals surface area contributed by atoms with Gasteiger partial charge in [-0.25, -0.2) is 0 Å². The fourth-order valence-corrected chi connectivity index (χ4v) is 2.70. The lowest BCUT2D eigenvalue weighted by molar-refractivity contribution is -0.121. The van der Waals surface area contributed by atoms with Crippen LogP contribution in [0.4, 0.5) is 0 Å². The second-order valence-electron chi connectivity index (χ2n) is 4.54. The van der Waals surface area contributed by atoms with Gasteiger partial charge in [0.25, 0.3) is 0 Å². The summed E-state index contributed by atoms with van der Waals surface area (Å²) in [5, 5.41) is 0. The van der Waals surface area contributed by atoms with Crippen LogP contribution in [0.25, 0.3) is 0 Å². The van der Waals surface area contributed by atoms with Crippen LogP contribution in [-0.4, -0.2) is 18.7 Å². The summed E-state index contributed by atoms with van der Waals surface area (Å²) in [4.78, 5) is 23.9. The van der Waals surface area contributed by atoms with E-state index in [1.165, 1.54) is 0 Å². The SMILES string of the molecule is COc1ccc(Br)cc1C(=O)C1CCCC(=O)C1. The second kappa shape index (κ2) is 5.65. The van der Waals surface area contributed by atoms with Crippen LogP contribution in [0.15, 0.2) is 22.7 Å². The Morgan fingerprint density at radius 2 is 2.22 bits per heavy atom. The van der Waals surface area contributed by atoms with Crippen molar-refractivity contribution in [3.05, 3.63) is 28.2 Å². The average Bonchev–Trinajstić information content (AvgIpc) is 2.38. The molecule has 0 radical (unpaired) electrons. The lowest BCUT2D eigenvalue weighted by Gasteiger charge is -2.20. The molecule has 0 amide bonds. The van der Waals surface area contributed by atoms with E-state index in [-0.39, 0.29) is 17.5 Å².